The normalized spacial score (nSPS) is 10.6. The van der Waals surface area contributed by atoms with E-state index in [-0.39, 0.29) is 5.97 Å². The average Bonchev–Trinajstić information content (AvgIpc) is 2.98. The Labute approximate surface area is 126 Å². The van der Waals surface area contributed by atoms with Crippen molar-refractivity contribution in [1.29, 1.82) is 0 Å². The van der Waals surface area contributed by atoms with Crippen LogP contribution in [0.5, 0.6) is 0 Å². The molecule has 0 aliphatic rings. The predicted molar refractivity (Wildman–Crippen MR) is 85.4 cm³/mol. The van der Waals surface area contributed by atoms with E-state index in [0.29, 0.717) is 12.3 Å². The lowest BCUT2D eigenvalue weighted by atomic mass is 10.0. The molecule has 0 saturated heterocycles. The number of carbonyl (C=O) groups is 1. The predicted octanol–water partition coefficient (Wildman–Crippen LogP) is 4.59. The number of hydrogen-bond acceptors (Lipinski definition) is 2. The number of benzene rings is 1. The van der Waals surface area contributed by atoms with Crippen molar-refractivity contribution < 1.29 is 9.53 Å². The molecule has 0 fully saturated rings. The summed E-state index contributed by atoms with van der Waals surface area (Å²) in [7, 11) is 0. The molecule has 0 unspecified atom stereocenters. The van der Waals surface area contributed by atoms with Crippen LogP contribution in [0.1, 0.15) is 49.2 Å². The highest BCUT2D eigenvalue weighted by atomic mass is 16.5. The third-order valence-electron chi connectivity index (χ3n) is 3.52. The SMILES string of the molecule is CCCCCc1ccc(-c2ccc(C(=O)OCC)[nH]2)cc1. The summed E-state index contributed by atoms with van der Waals surface area (Å²) in [5, 5.41) is 0. The molecular weight excluding hydrogens is 262 g/mol. The fourth-order valence-electron chi connectivity index (χ4n) is 2.32. The maximum absolute atomic E-state index is 11.6. The van der Waals surface area contributed by atoms with Gasteiger partial charge in [0, 0.05) is 5.69 Å². The Morgan fingerprint density at radius 1 is 1.05 bits per heavy atom. The van der Waals surface area contributed by atoms with Gasteiger partial charge in [0.05, 0.1) is 6.61 Å². The Bertz CT molecular complexity index is 569. The summed E-state index contributed by atoms with van der Waals surface area (Å²) in [4.78, 5) is 14.7. The van der Waals surface area contributed by atoms with Gasteiger partial charge < -0.3 is 9.72 Å². The zero-order chi connectivity index (χ0) is 15.1. The molecule has 3 nitrogen and oxygen atoms in total. The molecule has 0 aliphatic carbocycles. The molecule has 0 atom stereocenters. The standard InChI is InChI=1S/C18H23NO2/c1-3-5-6-7-14-8-10-15(11-9-14)16-12-13-17(19-16)18(20)21-4-2/h8-13,19H,3-7H2,1-2H3. The molecule has 1 aromatic heterocycles. The lowest BCUT2D eigenvalue weighted by Crippen LogP contribution is -2.04. The Kier molecular flexibility index (Phi) is 5.61. The molecule has 0 radical (unpaired) electrons. The second-order valence-electron chi connectivity index (χ2n) is 5.16. The summed E-state index contributed by atoms with van der Waals surface area (Å²) in [6, 6.07) is 12.2. The summed E-state index contributed by atoms with van der Waals surface area (Å²) >= 11 is 0. The minimum absolute atomic E-state index is 0.306. The molecule has 0 bridgehead atoms. The fraction of sp³-hybridized carbons (Fsp3) is 0.389. The average molecular weight is 285 g/mol. The van der Waals surface area contributed by atoms with Crippen molar-refractivity contribution in [3.8, 4) is 11.3 Å². The molecule has 2 aromatic rings. The van der Waals surface area contributed by atoms with Crippen LogP contribution in [0.4, 0.5) is 0 Å². The Morgan fingerprint density at radius 3 is 2.48 bits per heavy atom. The van der Waals surface area contributed by atoms with Crippen molar-refractivity contribution in [3.63, 3.8) is 0 Å². The summed E-state index contributed by atoms with van der Waals surface area (Å²) < 4.78 is 4.98. The van der Waals surface area contributed by atoms with E-state index in [2.05, 4.69) is 36.2 Å². The maximum Gasteiger partial charge on any atom is 0.354 e. The number of aryl methyl sites for hydroxylation is 1. The number of aromatic nitrogens is 1. The van der Waals surface area contributed by atoms with E-state index in [1.165, 1.54) is 24.8 Å². The van der Waals surface area contributed by atoms with Crippen LogP contribution in [0.2, 0.25) is 0 Å². The van der Waals surface area contributed by atoms with Crippen molar-refractivity contribution in [3.05, 3.63) is 47.7 Å². The quantitative estimate of drug-likeness (QED) is 0.597. The van der Waals surface area contributed by atoms with Crippen molar-refractivity contribution in [2.45, 2.75) is 39.5 Å². The molecule has 1 aromatic carbocycles. The van der Waals surface area contributed by atoms with Crippen LogP contribution in [0.15, 0.2) is 36.4 Å². The highest BCUT2D eigenvalue weighted by Crippen LogP contribution is 2.20. The van der Waals surface area contributed by atoms with Crippen LogP contribution in [-0.2, 0) is 11.2 Å². The first kappa shape index (κ1) is 15.4. The topological polar surface area (TPSA) is 42.1 Å². The molecule has 1 N–H and O–H groups in total. The lowest BCUT2D eigenvalue weighted by Gasteiger charge is -2.03. The number of rotatable bonds is 7. The fourth-order valence-corrected chi connectivity index (χ4v) is 2.32. The first-order valence-electron chi connectivity index (χ1n) is 7.70. The van der Waals surface area contributed by atoms with E-state index < -0.39 is 0 Å². The summed E-state index contributed by atoms with van der Waals surface area (Å²) in [6.45, 7) is 4.41. The minimum Gasteiger partial charge on any atom is -0.461 e. The number of carbonyl (C=O) groups excluding carboxylic acids is 1. The number of unbranched alkanes of at least 4 members (excludes halogenated alkanes) is 2. The number of aromatic amines is 1. The van der Waals surface area contributed by atoms with Gasteiger partial charge in [-0.2, -0.15) is 0 Å². The molecule has 0 aliphatic heterocycles. The Balaban J connectivity index is 2.03. The monoisotopic (exact) mass is 285 g/mol. The van der Waals surface area contributed by atoms with Gasteiger partial charge >= 0.3 is 5.97 Å². The molecule has 2 rings (SSSR count). The van der Waals surface area contributed by atoms with Gasteiger partial charge in [0.1, 0.15) is 5.69 Å². The summed E-state index contributed by atoms with van der Waals surface area (Å²) in [5.74, 6) is -0.306. The number of ether oxygens (including phenoxy) is 1. The first-order valence-corrected chi connectivity index (χ1v) is 7.70. The third-order valence-corrected chi connectivity index (χ3v) is 3.52. The van der Waals surface area contributed by atoms with Gasteiger partial charge in [-0.25, -0.2) is 4.79 Å². The second-order valence-corrected chi connectivity index (χ2v) is 5.16. The molecule has 0 saturated carbocycles. The summed E-state index contributed by atoms with van der Waals surface area (Å²) in [5.41, 5.74) is 3.89. The second kappa shape index (κ2) is 7.67. The molecular formula is C18H23NO2. The van der Waals surface area contributed by atoms with Crippen molar-refractivity contribution in [2.75, 3.05) is 6.61 Å². The van der Waals surface area contributed by atoms with Crippen LogP contribution >= 0.6 is 0 Å². The van der Waals surface area contributed by atoms with Gasteiger partial charge in [-0.3, -0.25) is 0 Å². The van der Waals surface area contributed by atoms with Gasteiger partial charge in [0.15, 0.2) is 0 Å². The lowest BCUT2D eigenvalue weighted by molar-refractivity contribution is 0.0520. The first-order chi connectivity index (χ1) is 10.2. The highest BCUT2D eigenvalue weighted by molar-refractivity contribution is 5.88. The van der Waals surface area contributed by atoms with E-state index >= 15 is 0 Å². The van der Waals surface area contributed by atoms with E-state index in [1.54, 1.807) is 13.0 Å². The minimum atomic E-state index is -0.306. The Morgan fingerprint density at radius 2 is 1.81 bits per heavy atom. The van der Waals surface area contributed by atoms with Crippen molar-refractivity contribution >= 4 is 5.97 Å². The van der Waals surface area contributed by atoms with Crippen LogP contribution in [-0.4, -0.2) is 17.6 Å². The Hall–Kier alpha value is -2.03. The van der Waals surface area contributed by atoms with Gasteiger partial charge in [0.2, 0.25) is 0 Å². The third kappa shape index (κ3) is 4.22. The molecule has 0 amide bonds. The van der Waals surface area contributed by atoms with Crippen LogP contribution in [0, 0.1) is 0 Å². The molecule has 0 spiro atoms. The van der Waals surface area contributed by atoms with E-state index in [0.717, 1.165) is 17.7 Å². The van der Waals surface area contributed by atoms with Gasteiger partial charge in [-0.05, 0) is 43.0 Å². The van der Waals surface area contributed by atoms with E-state index in [1.807, 2.05) is 6.07 Å². The summed E-state index contributed by atoms with van der Waals surface area (Å²) in [6.07, 6.45) is 4.90. The van der Waals surface area contributed by atoms with Crippen LogP contribution < -0.4 is 0 Å². The number of H-pyrrole nitrogens is 1. The van der Waals surface area contributed by atoms with E-state index in [9.17, 15) is 4.79 Å². The number of esters is 1. The zero-order valence-electron chi connectivity index (χ0n) is 12.8. The molecule has 21 heavy (non-hydrogen) atoms. The zero-order valence-corrected chi connectivity index (χ0v) is 12.8. The van der Waals surface area contributed by atoms with Gasteiger partial charge in [-0.15, -0.1) is 0 Å². The van der Waals surface area contributed by atoms with E-state index in [4.69, 9.17) is 4.74 Å². The van der Waals surface area contributed by atoms with Crippen LogP contribution in [0.25, 0.3) is 11.3 Å². The number of nitrogens with one attached hydrogen (secondary N) is 1. The maximum atomic E-state index is 11.6. The highest BCUT2D eigenvalue weighted by Gasteiger charge is 2.09. The molecule has 3 heteroatoms. The van der Waals surface area contributed by atoms with Gasteiger partial charge in [-0.1, -0.05) is 44.0 Å². The molecule has 112 valence electrons. The largest absolute Gasteiger partial charge is 0.461 e. The number of hydrogen-bond donors (Lipinski definition) is 1. The van der Waals surface area contributed by atoms with Gasteiger partial charge in [0.25, 0.3) is 0 Å². The molecule has 1 heterocycles. The van der Waals surface area contributed by atoms with Crippen molar-refractivity contribution in [1.82, 2.24) is 4.98 Å². The van der Waals surface area contributed by atoms with Crippen molar-refractivity contribution in [2.24, 2.45) is 0 Å². The smallest absolute Gasteiger partial charge is 0.354 e. The van der Waals surface area contributed by atoms with Crippen LogP contribution in [0.3, 0.4) is 0 Å².